The van der Waals surface area contributed by atoms with Crippen LogP contribution in [0.4, 0.5) is 5.95 Å². The van der Waals surface area contributed by atoms with E-state index in [2.05, 4.69) is 16.3 Å². The number of hydrogen-bond acceptors (Lipinski definition) is 7. The van der Waals surface area contributed by atoms with Gasteiger partial charge in [-0.15, -0.1) is 0 Å². The monoisotopic (exact) mass is 441 g/mol. The van der Waals surface area contributed by atoms with Gasteiger partial charge < -0.3 is 21.4 Å². The Balaban J connectivity index is 1.92. The minimum absolute atomic E-state index is 0.164. The zero-order valence-corrected chi connectivity index (χ0v) is 18.8. The number of aromatic nitrogens is 2. The summed E-state index contributed by atoms with van der Waals surface area (Å²) in [5.74, 6) is 0.606. The summed E-state index contributed by atoms with van der Waals surface area (Å²) in [6, 6.07) is 9.39. The highest BCUT2D eigenvalue weighted by Crippen LogP contribution is 2.31. The smallest absolute Gasteiger partial charge is 0.263 e. The Bertz CT molecular complexity index is 1270. The standard InChI is InChI=1S/C25H27N7O/c1-29-15-19-13-18(7-8-21(19)28)22-23(17-5-3-16(14-26)4-6-17)30-25(31(2)24(22)33)32-11-9-20(27)10-12-32/h3-8,13,15,20,28-29H,9-12,27H2,1-2H3/b19-15-,28-21?. The quantitative estimate of drug-likeness (QED) is 0.669. The number of nitriles is 1. The lowest BCUT2D eigenvalue weighted by molar-refractivity contribution is 0.490. The Hall–Kier alpha value is -3.96. The maximum atomic E-state index is 13.7. The topological polar surface area (TPSA) is 124 Å². The average molecular weight is 442 g/mol. The van der Waals surface area contributed by atoms with Crippen molar-refractivity contribution in [1.82, 2.24) is 14.9 Å². The Morgan fingerprint density at radius 1 is 1.24 bits per heavy atom. The van der Waals surface area contributed by atoms with E-state index in [1.807, 2.05) is 18.2 Å². The van der Waals surface area contributed by atoms with E-state index in [1.165, 1.54) is 0 Å². The van der Waals surface area contributed by atoms with Crippen LogP contribution in [0.2, 0.25) is 0 Å². The highest BCUT2D eigenvalue weighted by Gasteiger charge is 2.25. The zero-order valence-electron chi connectivity index (χ0n) is 18.8. The van der Waals surface area contributed by atoms with Crippen molar-refractivity contribution in [1.29, 1.82) is 10.7 Å². The fraction of sp³-hybridized carbons (Fsp3) is 0.280. The molecule has 0 saturated carbocycles. The van der Waals surface area contributed by atoms with Gasteiger partial charge in [0.25, 0.3) is 5.56 Å². The summed E-state index contributed by atoms with van der Waals surface area (Å²) in [5.41, 5.74) is 9.95. The number of allylic oxidation sites excluding steroid dienone is 5. The van der Waals surface area contributed by atoms with Crippen molar-refractivity contribution in [3.05, 3.63) is 75.7 Å². The molecule has 1 fully saturated rings. The Morgan fingerprint density at radius 3 is 2.58 bits per heavy atom. The molecule has 1 aromatic heterocycles. The molecule has 4 rings (SSSR count). The van der Waals surface area contributed by atoms with Crippen LogP contribution in [0.5, 0.6) is 0 Å². The summed E-state index contributed by atoms with van der Waals surface area (Å²) in [4.78, 5) is 20.8. The van der Waals surface area contributed by atoms with Crippen LogP contribution in [0.25, 0.3) is 16.8 Å². The predicted molar refractivity (Wildman–Crippen MR) is 131 cm³/mol. The molecule has 168 valence electrons. The number of nitrogens with one attached hydrogen (secondary N) is 2. The molecule has 1 aromatic carbocycles. The van der Waals surface area contributed by atoms with Gasteiger partial charge in [0, 0.05) is 50.6 Å². The molecule has 0 bridgehead atoms. The lowest BCUT2D eigenvalue weighted by Crippen LogP contribution is -2.42. The van der Waals surface area contributed by atoms with E-state index in [0.717, 1.165) is 31.5 Å². The van der Waals surface area contributed by atoms with E-state index >= 15 is 0 Å². The van der Waals surface area contributed by atoms with E-state index in [1.54, 1.807) is 49.1 Å². The fourth-order valence-electron chi connectivity index (χ4n) is 4.14. The Labute approximate surface area is 192 Å². The number of nitrogens with two attached hydrogens (primary N) is 1. The van der Waals surface area contributed by atoms with Gasteiger partial charge >= 0.3 is 0 Å². The lowest BCUT2D eigenvalue weighted by Gasteiger charge is -2.32. The van der Waals surface area contributed by atoms with Gasteiger partial charge in [-0.3, -0.25) is 9.36 Å². The third-order valence-electron chi connectivity index (χ3n) is 6.02. The third kappa shape index (κ3) is 4.36. The first-order valence-electron chi connectivity index (χ1n) is 10.9. The van der Waals surface area contributed by atoms with Crippen LogP contribution in [0.15, 0.2) is 59.1 Å². The van der Waals surface area contributed by atoms with Crippen LogP contribution in [-0.4, -0.2) is 41.4 Å². The van der Waals surface area contributed by atoms with Crippen molar-refractivity contribution in [2.75, 3.05) is 25.0 Å². The number of anilines is 1. The molecular weight excluding hydrogens is 414 g/mol. The SMILES string of the molecule is CN/C=C1/C=C(c2c(-c3ccc(C#N)cc3)nc(N3CCC(N)CC3)n(C)c2=O)C=CC1=N. The van der Waals surface area contributed by atoms with Crippen LogP contribution in [0.1, 0.15) is 24.0 Å². The van der Waals surface area contributed by atoms with Crippen molar-refractivity contribution in [3.63, 3.8) is 0 Å². The van der Waals surface area contributed by atoms with Crippen LogP contribution >= 0.6 is 0 Å². The third-order valence-corrected chi connectivity index (χ3v) is 6.02. The van der Waals surface area contributed by atoms with Gasteiger partial charge in [-0.2, -0.15) is 5.26 Å². The second kappa shape index (κ2) is 9.27. The molecular formula is C25H27N7O. The summed E-state index contributed by atoms with van der Waals surface area (Å²) in [7, 11) is 3.51. The van der Waals surface area contributed by atoms with E-state index in [-0.39, 0.29) is 11.6 Å². The normalized spacial score (nSPS) is 17.8. The molecule has 1 aliphatic heterocycles. The largest absolute Gasteiger partial charge is 0.393 e. The summed E-state index contributed by atoms with van der Waals surface area (Å²) in [6.07, 6.45) is 8.71. The maximum absolute atomic E-state index is 13.7. The summed E-state index contributed by atoms with van der Waals surface area (Å²) in [6.45, 7) is 1.48. The Kier molecular flexibility index (Phi) is 6.24. The molecule has 1 aliphatic carbocycles. The number of rotatable bonds is 4. The van der Waals surface area contributed by atoms with Crippen molar-refractivity contribution in [2.24, 2.45) is 12.8 Å². The molecule has 0 atom stereocenters. The maximum Gasteiger partial charge on any atom is 0.263 e. The van der Waals surface area contributed by atoms with E-state index in [9.17, 15) is 10.1 Å². The van der Waals surface area contributed by atoms with Gasteiger partial charge in [-0.25, -0.2) is 4.98 Å². The van der Waals surface area contributed by atoms with Gasteiger partial charge in [-0.1, -0.05) is 18.2 Å². The van der Waals surface area contributed by atoms with Gasteiger partial charge in [0.15, 0.2) is 0 Å². The molecule has 4 N–H and O–H groups in total. The highest BCUT2D eigenvalue weighted by atomic mass is 16.1. The van der Waals surface area contributed by atoms with Crippen molar-refractivity contribution in [2.45, 2.75) is 18.9 Å². The van der Waals surface area contributed by atoms with Crippen molar-refractivity contribution in [3.8, 4) is 17.3 Å². The number of benzene rings is 1. The van der Waals surface area contributed by atoms with Gasteiger partial charge in [-0.05, 0) is 42.7 Å². The van der Waals surface area contributed by atoms with Gasteiger partial charge in [0.2, 0.25) is 5.95 Å². The molecule has 1 saturated heterocycles. The van der Waals surface area contributed by atoms with E-state index in [0.29, 0.717) is 39.6 Å². The lowest BCUT2D eigenvalue weighted by atomic mass is 9.93. The van der Waals surface area contributed by atoms with Crippen LogP contribution in [-0.2, 0) is 7.05 Å². The van der Waals surface area contributed by atoms with E-state index < -0.39 is 0 Å². The molecule has 2 aliphatic rings. The minimum Gasteiger partial charge on any atom is -0.393 e. The first-order chi connectivity index (χ1) is 15.9. The second-order valence-electron chi connectivity index (χ2n) is 8.25. The number of piperidine rings is 1. The van der Waals surface area contributed by atoms with Gasteiger partial charge in [0.1, 0.15) is 0 Å². The predicted octanol–water partition coefficient (Wildman–Crippen LogP) is 2.32. The fourth-order valence-corrected chi connectivity index (χ4v) is 4.14. The average Bonchev–Trinajstić information content (AvgIpc) is 2.83. The zero-order chi connectivity index (χ0) is 23.5. The molecule has 0 unspecified atom stereocenters. The summed E-state index contributed by atoms with van der Waals surface area (Å²) in [5, 5.41) is 20.3. The summed E-state index contributed by atoms with van der Waals surface area (Å²) >= 11 is 0. The van der Waals surface area contributed by atoms with Crippen molar-refractivity contribution < 1.29 is 0 Å². The molecule has 8 heteroatoms. The first-order valence-corrected chi connectivity index (χ1v) is 10.9. The molecule has 2 aromatic rings. The minimum atomic E-state index is -0.164. The number of nitrogens with zero attached hydrogens (tertiary/aromatic N) is 4. The molecule has 0 spiro atoms. The molecule has 33 heavy (non-hydrogen) atoms. The second-order valence-corrected chi connectivity index (χ2v) is 8.25. The van der Waals surface area contributed by atoms with Crippen LogP contribution in [0.3, 0.4) is 0 Å². The summed E-state index contributed by atoms with van der Waals surface area (Å²) < 4.78 is 1.59. The van der Waals surface area contributed by atoms with Crippen LogP contribution in [0, 0.1) is 16.7 Å². The van der Waals surface area contributed by atoms with Crippen LogP contribution < -0.4 is 21.5 Å². The van der Waals surface area contributed by atoms with E-state index in [4.69, 9.17) is 16.1 Å². The van der Waals surface area contributed by atoms with Gasteiger partial charge in [0.05, 0.1) is 28.6 Å². The Morgan fingerprint density at radius 2 is 1.94 bits per heavy atom. The molecule has 2 heterocycles. The van der Waals surface area contributed by atoms with Crippen molar-refractivity contribution >= 4 is 17.2 Å². The first kappa shape index (κ1) is 22.2. The molecule has 0 amide bonds. The molecule has 8 nitrogen and oxygen atoms in total. The highest BCUT2D eigenvalue weighted by molar-refractivity contribution is 6.13. The number of hydrogen-bond donors (Lipinski definition) is 3. The molecule has 0 radical (unpaired) electrons.